The summed E-state index contributed by atoms with van der Waals surface area (Å²) in [7, 11) is 0. The number of allylic oxidation sites excluding steroid dienone is 21. The van der Waals surface area contributed by atoms with Gasteiger partial charge >= 0.3 is 0 Å². The van der Waals surface area contributed by atoms with Gasteiger partial charge in [-0.05, 0) is 122 Å². The average molecular weight is 580 g/mol. The lowest BCUT2D eigenvalue weighted by molar-refractivity contribution is 1.21. The fourth-order valence-corrected chi connectivity index (χ4v) is 4.57. The third-order valence-electron chi connectivity index (χ3n) is 7.11. The first kappa shape index (κ1) is 35.3. The Morgan fingerprint density at radius 1 is 0.659 bits per heavy atom. The minimum Gasteiger partial charge on any atom is -0.398 e. The third-order valence-corrected chi connectivity index (χ3v) is 7.11. The Kier molecular flexibility index (Phi) is 14.9. The number of benzene rings is 2. The van der Waals surface area contributed by atoms with Crippen LogP contribution in [0.4, 0.5) is 5.69 Å². The van der Waals surface area contributed by atoms with Crippen LogP contribution in [-0.4, -0.2) is 0 Å². The van der Waals surface area contributed by atoms with E-state index in [-0.39, 0.29) is 0 Å². The van der Waals surface area contributed by atoms with Crippen molar-refractivity contribution in [3.63, 3.8) is 0 Å². The molecule has 1 heteroatoms. The van der Waals surface area contributed by atoms with Crippen molar-refractivity contribution in [3.8, 4) is 0 Å². The van der Waals surface area contributed by atoms with E-state index >= 15 is 0 Å². The van der Waals surface area contributed by atoms with Crippen molar-refractivity contribution in [1.82, 2.24) is 0 Å². The summed E-state index contributed by atoms with van der Waals surface area (Å²) in [6, 6.07) is 14.7. The number of rotatable bonds is 14. The van der Waals surface area contributed by atoms with Crippen molar-refractivity contribution in [2.45, 2.75) is 48.0 Å². The van der Waals surface area contributed by atoms with Crippen LogP contribution < -0.4 is 5.73 Å². The third kappa shape index (κ3) is 10.7. The van der Waals surface area contributed by atoms with Crippen LogP contribution in [0.5, 0.6) is 0 Å². The van der Waals surface area contributed by atoms with Crippen molar-refractivity contribution in [1.29, 1.82) is 0 Å². The molecule has 2 aromatic rings. The summed E-state index contributed by atoms with van der Waals surface area (Å²) in [5.41, 5.74) is 18.6. The smallest absolute Gasteiger partial charge is 0.0393 e. The molecule has 0 heterocycles. The van der Waals surface area contributed by atoms with Gasteiger partial charge in [0.2, 0.25) is 0 Å². The average Bonchev–Trinajstić information content (AvgIpc) is 3.03. The van der Waals surface area contributed by atoms with Crippen molar-refractivity contribution in [2.75, 3.05) is 5.73 Å². The van der Waals surface area contributed by atoms with Gasteiger partial charge in [-0.1, -0.05) is 129 Å². The highest BCUT2D eigenvalue weighted by atomic mass is 14.6. The normalized spacial score (nSPS) is 13.8. The maximum absolute atomic E-state index is 6.46. The largest absolute Gasteiger partial charge is 0.398 e. The minimum atomic E-state index is 0.683. The zero-order valence-electron chi connectivity index (χ0n) is 27.5. The number of hydrogen-bond donors (Lipinski definition) is 1. The Morgan fingerprint density at radius 3 is 1.98 bits per heavy atom. The van der Waals surface area contributed by atoms with Gasteiger partial charge in [-0.3, -0.25) is 0 Å². The lowest BCUT2D eigenvalue weighted by Crippen LogP contribution is -1.95. The van der Waals surface area contributed by atoms with E-state index in [9.17, 15) is 0 Å². The summed E-state index contributed by atoms with van der Waals surface area (Å²) in [6.45, 7) is 25.1. The van der Waals surface area contributed by atoms with Crippen molar-refractivity contribution in [2.24, 2.45) is 0 Å². The first-order valence-corrected chi connectivity index (χ1v) is 15.2. The molecule has 0 aromatic heterocycles. The molecule has 44 heavy (non-hydrogen) atoms. The number of nitrogen functional groups attached to an aromatic ring is 1. The fraction of sp³-hybridized carbons (Fsp3) is 0.163. The van der Waals surface area contributed by atoms with E-state index in [0.29, 0.717) is 5.69 Å². The van der Waals surface area contributed by atoms with Crippen molar-refractivity contribution < 1.29 is 0 Å². The Hall–Kier alpha value is -4.88. The molecule has 0 radical (unpaired) electrons. The van der Waals surface area contributed by atoms with Crippen molar-refractivity contribution in [3.05, 3.63) is 186 Å². The van der Waals surface area contributed by atoms with Gasteiger partial charge < -0.3 is 5.73 Å². The number of anilines is 1. The van der Waals surface area contributed by atoms with Gasteiger partial charge in [-0.2, -0.15) is 0 Å². The minimum absolute atomic E-state index is 0.683. The molecule has 0 aliphatic heterocycles. The monoisotopic (exact) mass is 579 g/mol. The number of hydrogen-bond acceptors (Lipinski definition) is 1. The maximum atomic E-state index is 6.46. The van der Waals surface area contributed by atoms with E-state index in [1.807, 2.05) is 62.4 Å². The molecule has 1 nitrogen and oxygen atoms in total. The van der Waals surface area contributed by atoms with E-state index in [4.69, 9.17) is 5.73 Å². The highest BCUT2D eigenvalue weighted by Crippen LogP contribution is 2.30. The highest BCUT2D eigenvalue weighted by molar-refractivity contribution is 5.88. The standard InChI is InChI=1S/C43H49N/c1-10-15-17-21-33(7)35(9)29-38(19-12-3)41-26-27-43(44)42(31-41)34(8)24-25-36(13-4)39-22-18-23-40(30-39)37(14-5)28-32(6)20-16-11-2/h10-19,21-31H,7-9,20,44H2,1-6H3/b15-10-,16-11-,19-12-,21-17-,25-24-,32-28+,36-13?,37-14+,38-29+. The first-order valence-electron chi connectivity index (χ1n) is 15.2. The lowest BCUT2D eigenvalue weighted by Gasteiger charge is -2.12. The first-order chi connectivity index (χ1) is 21.2. The van der Waals surface area contributed by atoms with E-state index < -0.39 is 0 Å². The summed E-state index contributed by atoms with van der Waals surface area (Å²) in [4.78, 5) is 0. The summed E-state index contributed by atoms with van der Waals surface area (Å²) >= 11 is 0. The topological polar surface area (TPSA) is 26.0 Å². The molecule has 0 fully saturated rings. The summed E-state index contributed by atoms with van der Waals surface area (Å²) < 4.78 is 0. The van der Waals surface area contributed by atoms with Crippen LogP contribution in [0.3, 0.4) is 0 Å². The maximum Gasteiger partial charge on any atom is 0.0393 e. The van der Waals surface area contributed by atoms with Crippen LogP contribution in [-0.2, 0) is 0 Å². The van der Waals surface area contributed by atoms with Gasteiger partial charge in [-0.25, -0.2) is 0 Å². The molecule has 0 spiro atoms. The molecule has 2 aromatic carbocycles. The molecule has 2 rings (SSSR count). The highest BCUT2D eigenvalue weighted by Gasteiger charge is 2.08. The van der Waals surface area contributed by atoms with Gasteiger partial charge in [0.1, 0.15) is 0 Å². The molecule has 0 unspecified atom stereocenters. The second kappa shape index (κ2) is 18.6. The van der Waals surface area contributed by atoms with E-state index in [0.717, 1.165) is 51.0 Å². The van der Waals surface area contributed by atoms with Crippen LogP contribution >= 0.6 is 0 Å². The Balaban J connectivity index is 2.38. The molecule has 0 atom stereocenters. The molecule has 0 saturated heterocycles. The van der Waals surface area contributed by atoms with Gasteiger partial charge in [-0.15, -0.1) is 0 Å². The van der Waals surface area contributed by atoms with Gasteiger partial charge in [0.05, 0.1) is 0 Å². The van der Waals surface area contributed by atoms with Gasteiger partial charge in [0.25, 0.3) is 0 Å². The van der Waals surface area contributed by atoms with Crippen LogP contribution in [0.1, 0.15) is 70.2 Å². The predicted octanol–water partition coefficient (Wildman–Crippen LogP) is 12.5. The lowest BCUT2D eigenvalue weighted by atomic mass is 9.94. The molecule has 0 aliphatic rings. The number of nitrogens with two attached hydrogens (primary N) is 1. The Bertz CT molecular complexity index is 1620. The summed E-state index contributed by atoms with van der Waals surface area (Å²) in [6.07, 6.45) is 30.0. The second-order valence-electron chi connectivity index (χ2n) is 10.5. The molecule has 0 aliphatic carbocycles. The fourth-order valence-electron chi connectivity index (χ4n) is 4.57. The predicted molar refractivity (Wildman–Crippen MR) is 201 cm³/mol. The molecule has 0 amide bonds. The van der Waals surface area contributed by atoms with Gasteiger partial charge in [0.15, 0.2) is 0 Å². The molecule has 0 bridgehead atoms. The van der Waals surface area contributed by atoms with Crippen LogP contribution in [0, 0.1) is 0 Å². The molecule has 2 N–H and O–H groups in total. The van der Waals surface area contributed by atoms with Crippen LogP contribution in [0.2, 0.25) is 0 Å². The Labute approximate surface area is 267 Å². The Morgan fingerprint density at radius 2 is 1.34 bits per heavy atom. The zero-order valence-corrected chi connectivity index (χ0v) is 27.5. The van der Waals surface area contributed by atoms with Crippen LogP contribution in [0.25, 0.3) is 22.3 Å². The zero-order chi connectivity index (χ0) is 32.5. The SMILES string of the molecule is C=C(/C=C\C=C/C)C(=C)/C=C(\C=C/C)c1ccc(N)c(C(=C)/C=C\C(=CC)c2cccc(C(/C=C(\C)C/C=C\C)=C/C)c2)c1. The quantitative estimate of drug-likeness (QED) is 0.134. The van der Waals surface area contributed by atoms with E-state index in [2.05, 4.69) is 126 Å². The van der Waals surface area contributed by atoms with E-state index in [1.165, 1.54) is 16.7 Å². The molecule has 0 saturated carbocycles. The summed E-state index contributed by atoms with van der Waals surface area (Å²) in [5, 5.41) is 0. The van der Waals surface area contributed by atoms with Crippen LogP contribution in [0.15, 0.2) is 164 Å². The van der Waals surface area contributed by atoms with Gasteiger partial charge in [0, 0.05) is 11.3 Å². The molecule has 226 valence electrons. The molecular formula is C43H49N. The van der Waals surface area contributed by atoms with Crippen molar-refractivity contribution >= 4 is 28.0 Å². The second-order valence-corrected chi connectivity index (χ2v) is 10.5. The summed E-state index contributed by atoms with van der Waals surface area (Å²) in [5.74, 6) is 0. The molecular weight excluding hydrogens is 530 g/mol. The van der Waals surface area contributed by atoms with E-state index in [1.54, 1.807) is 0 Å².